The van der Waals surface area contributed by atoms with Gasteiger partial charge in [-0.25, -0.2) is 17.2 Å². The number of halogens is 2. The smallest absolute Gasteiger partial charge is 0.251 e. The highest BCUT2D eigenvalue weighted by molar-refractivity contribution is 7.92. The first-order chi connectivity index (χ1) is 14.7. The Morgan fingerprint density at radius 2 is 1.66 bits per heavy atom. The predicted octanol–water partition coefficient (Wildman–Crippen LogP) is 4.67. The largest absolute Gasteiger partial charge is 0.346 e. The maximum Gasteiger partial charge on any atom is 0.251 e. The number of carbonyl (C=O) groups is 1. The van der Waals surface area contributed by atoms with Crippen molar-refractivity contribution in [2.24, 2.45) is 0 Å². The van der Waals surface area contributed by atoms with Crippen molar-refractivity contribution in [1.29, 1.82) is 0 Å². The monoisotopic (exact) mass is 461 g/mol. The number of pyridine rings is 1. The van der Waals surface area contributed by atoms with Crippen LogP contribution in [0.25, 0.3) is 10.9 Å². The number of sulfonamides is 1. The highest BCUT2D eigenvalue weighted by atomic mass is 32.2. The fourth-order valence-corrected chi connectivity index (χ4v) is 3.74. The SMILES string of the molecule is C[C@@H](NC(=O)c1ccc2nc(C(C)(C)C)ccc2c1)c1cc(F)c(NS(C)(=O)=O)c(F)c1. The van der Waals surface area contributed by atoms with Crippen LogP contribution in [0.2, 0.25) is 0 Å². The zero-order chi connectivity index (χ0) is 23.8. The number of benzene rings is 2. The molecule has 0 aliphatic carbocycles. The summed E-state index contributed by atoms with van der Waals surface area (Å²) in [6.07, 6.45) is 0.797. The minimum absolute atomic E-state index is 0.101. The average Bonchev–Trinajstić information content (AvgIpc) is 2.68. The van der Waals surface area contributed by atoms with Crippen molar-refractivity contribution in [3.05, 3.63) is 70.9 Å². The molecule has 0 saturated heterocycles. The van der Waals surface area contributed by atoms with Gasteiger partial charge in [-0.3, -0.25) is 14.5 Å². The van der Waals surface area contributed by atoms with E-state index in [1.807, 2.05) is 16.9 Å². The van der Waals surface area contributed by atoms with Crippen molar-refractivity contribution in [2.75, 3.05) is 11.0 Å². The molecule has 1 heterocycles. The zero-order valence-corrected chi connectivity index (χ0v) is 19.3. The van der Waals surface area contributed by atoms with Gasteiger partial charge in [0, 0.05) is 22.1 Å². The third-order valence-corrected chi connectivity index (χ3v) is 5.49. The van der Waals surface area contributed by atoms with Gasteiger partial charge in [0.15, 0.2) is 11.6 Å². The molecule has 0 unspecified atom stereocenters. The molecule has 3 rings (SSSR count). The molecule has 0 aliphatic heterocycles. The predicted molar refractivity (Wildman–Crippen MR) is 121 cm³/mol. The molecule has 0 aliphatic rings. The van der Waals surface area contributed by atoms with Crippen LogP contribution in [0.5, 0.6) is 0 Å². The number of rotatable bonds is 5. The van der Waals surface area contributed by atoms with Crippen LogP contribution in [0.3, 0.4) is 0 Å². The van der Waals surface area contributed by atoms with Gasteiger partial charge < -0.3 is 5.32 Å². The van der Waals surface area contributed by atoms with Gasteiger partial charge in [0.25, 0.3) is 5.91 Å². The third-order valence-electron chi connectivity index (χ3n) is 4.92. The Kier molecular flexibility index (Phi) is 6.24. The zero-order valence-electron chi connectivity index (χ0n) is 18.5. The van der Waals surface area contributed by atoms with E-state index in [0.29, 0.717) is 5.56 Å². The molecule has 6 nitrogen and oxygen atoms in total. The third kappa shape index (κ3) is 5.40. The number of nitrogens with one attached hydrogen (secondary N) is 2. The second-order valence-corrected chi connectivity index (χ2v) is 10.5. The van der Waals surface area contributed by atoms with Gasteiger partial charge in [0.05, 0.1) is 17.8 Å². The standard InChI is InChI=1S/C23H25F2N3O3S/c1-13(16-11-17(24)21(18(25)12-16)28-32(5,30)31)26-22(29)15-6-8-19-14(10-15)7-9-20(27-19)23(2,3)4/h6-13,28H,1-5H3,(H,26,29)/t13-/m1/s1. The van der Waals surface area contributed by atoms with Crippen LogP contribution in [0.4, 0.5) is 14.5 Å². The topological polar surface area (TPSA) is 88.2 Å². The fraction of sp³-hybridized carbons (Fsp3) is 0.304. The lowest BCUT2D eigenvalue weighted by atomic mass is 9.91. The molecule has 0 saturated carbocycles. The molecule has 2 aromatic carbocycles. The van der Waals surface area contributed by atoms with E-state index in [9.17, 15) is 22.0 Å². The fourth-order valence-electron chi connectivity index (χ4n) is 3.17. The summed E-state index contributed by atoms with van der Waals surface area (Å²) >= 11 is 0. The van der Waals surface area contributed by atoms with E-state index in [2.05, 4.69) is 31.1 Å². The van der Waals surface area contributed by atoms with Gasteiger partial charge in [0.2, 0.25) is 10.0 Å². The van der Waals surface area contributed by atoms with Crippen molar-refractivity contribution in [1.82, 2.24) is 10.3 Å². The lowest BCUT2D eigenvalue weighted by molar-refractivity contribution is 0.0940. The number of fused-ring (bicyclic) bond motifs is 1. The number of hydrogen-bond donors (Lipinski definition) is 2. The van der Waals surface area contributed by atoms with E-state index < -0.39 is 39.3 Å². The molecule has 0 fully saturated rings. The molecule has 0 spiro atoms. The molecular weight excluding hydrogens is 436 g/mol. The first-order valence-corrected chi connectivity index (χ1v) is 11.8. The van der Waals surface area contributed by atoms with Crippen LogP contribution in [0.15, 0.2) is 42.5 Å². The van der Waals surface area contributed by atoms with Crippen LogP contribution in [0.1, 0.15) is 55.4 Å². The van der Waals surface area contributed by atoms with Gasteiger partial charge >= 0.3 is 0 Å². The molecule has 170 valence electrons. The quantitative estimate of drug-likeness (QED) is 0.578. The summed E-state index contributed by atoms with van der Waals surface area (Å²) in [7, 11) is -3.84. The number of aromatic nitrogens is 1. The highest BCUT2D eigenvalue weighted by Crippen LogP contribution is 2.26. The molecule has 0 bridgehead atoms. The Labute approximate surface area is 186 Å². The molecular formula is C23H25F2N3O3S. The van der Waals surface area contributed by atoms with Crippen molar-refractivity contribution < 1.29 is 22.0 Å². The van der Waals surface area contributed by atoms with E-state index in [0.717, 1.165) is 35.0 Å². The van der Waals surface area contributed by atoms with E-state index in [1.54, 1.807) is 25.1 Å². The molecule has 3 aromatic rings. The number of amides is 1. The average molecular weight is 462 g/mol. The maximum absolute atomic E-state index is 14.3. The first-order valence-electron chi connectivity index (χ1n) is 9.93. The minimum atomic E-state index is -3.84. The Morgan fingerprint density at radius 1 is 1.03 bits per heavy atom. The van der Waals surface area contributed by atoms with E-state index >= 15 is 0 Å². The van der Waals surface area contributed by atoms with Crippen molar-refractivity contribution in [2.45, 2.75) is 39.2 Å². The lowest BCUT2D eigenvalue weighted by Gasteiger charge is -2.18. The lowest BCUT2D eigenvalue weighted by Crippen LogP contribution is -2.27. The highest BCUT2D eigenvalue weighted by Gasteiger charge is 2.20. The normalized spacial score (nSPS) is 13.1. The van der Waals surface area contributed by atoms with Crippen molar-refractivity contribution >= 4 is 32.5 Å². The van der Waals surface area contributed by atoms with Crippen molar-refractivity contribution in [3.8, 4) is 0 Å². The second kappa shape index (κ2) is 8.46. The number of nitrogens with zero attached hydrogens (tertiary/aromatic N) is 1. The van der Waals surface area contributed by atoms with Crippen LogP contribution in [-0.4, -0.2) is 25.6 Å². The molecule has 9 heteroatoms. The van der Waals surface area contributed by atoms with E-state index in [-0.39, 0.29) is 11.0 Å². The van der Waals surface area contributed by atoms with Crippen LogP contribution >= 0.6 is 0 Å². The van der Waals surface area contributed by atoms with Gasteiger partial charge in [-0.15, -0.1) is 0 Å². The van der Waals surface area contributed by atoms with Gasteiger partial charge in [-0.05, 0) is 48.9 Å². The van der Waals surface area contributed by atoms with Gasteiger partial charge in [-0.1, -0.05) is 26.8 Å². The number of anilines is 1. The number of carbonyl (C=O) groups excluding carboxylic acids is 1. The van der Waals surface area contributed by atoms with Gasteiger partial charge in [0.1, 0.15) is 5.69 Å². The minimum Gasteiger partial charge on any atom is -0.346 e. The summed E-state index contributed by atoms with van der Waals surface area (Å²) in [6, 6.07) is 10.2. The van der Waals surface area contributed by atoms with E-state index in [4.69, 9.17) is 0 Å². The molecule has 1 amide bonds. The summed E-state index contributed by atoms with van der Waals surface area (Å²) < 4.78 is 52.9. The summed E-state index contributed by atoms with van der Waals surface area (Å²) in [5.74, 6) is -2.56. The Bertz CT molecular complexity index is 1280. The first kappa shape index (κ1) is 23.6. The summed E-state index contributed by atoms with van der Waals surface area (Å²) in [6.45, 7) is 7.79. The Hall–Kier alpha value is -3.07. The molecule has 1 atom stereocenters. The van der Waals surface area contributed by atoms with Crippen LogP contribution < -0.4 is 10.0 Å². The summed E-state index contributed by atoms with van der Waals surface area (Å²) in [5.41, 5.74) is 1.38. The Morgan fingerprint density at radius 3 is 2.22 bits per heavy atom. The molecule has 32 heavy (non-hydrogen) atoms. The van der Waals surface area contributed by atoms with Crippen LogP contribution in [0, 0.1) is 11.6 Å². The van der Waals surface area contributed by atoms with E-state index in [1.165, 1.54) is 0 Å². The van der Waals surface area contributed by atoms with Gasteiger partial charge in [-0.2, -0.15) is 0 Å². The molecule has 0 radical (unpaired) electrons. The Balaban J connectivity index is 1.81. The molecule has 2 N–H and O–H groups in total. The molecule has 1 aromatic heterocycles. The van der Waals surface area contributed by atoms with Crippen molar-refractivity contribution in [3.63, 3.8) is 0 Å². The van der Waals surface area contributed by atoms with Crippen LogP contribution in [-0.2, 0) is 15.4 Å². The number of hydrogen-bond acceptors (Lipinski definition) is 4. The maximum atomic E-state index is 14.3. The summed E-state index contributed by atoms with van der Waals surface area (Å²) in [4.78, 5) is 17.4. The summed E-state index contributed by atoms with van der Waals surface area (Å²) in [5, 5.41) is 3.50. The second-order valence-electron chi connectivity index (χ2n) is 8.78.